The van der Waals surface area contributed by atoms with E-state index in [-0.39, 0.29) is 0 Å². The van der Waals surface area contributed by atoms with Crippen molar-refractivity contribution in [2.45, 2.75) is 59.3 Å². The molecular formula is C15H26. The van der Waals surface area contributed by atoms with E-state index in [4.69, 9.17) is 0 Å². The van der Waals surface area contributed by atoms with Crippen molar-refractivity contribution in [2.24, 2.45) is 11.8 Å². The Morgan fingerprint density at radius 3 is 2.87 bits per heavy atom. The molecule has 1 rings (SSSR count). The maximum atomic E-state index is 3.96. The predicted octanol–water partition coefficient (Wildman–Crippen LogP) is 5.12. The molecule has 2 unspecified atom stereocenters. The molecule has 1 aliphatic rings. The van der Waals surface area contributed by atoms with Crippen molar-refractivity contribution in [3.8, 4) is 0 Å². The second-order valence-corrected chi connectivity index (χ2v) is 5.41. The van der Waals surface area contributed by atoms with Crippen molar-refractivity contribution in [3.63, 3.8) is 0 Å². The van der Waals surface area contributed by atoms with Crippen LogP contribution in [0.1, 0.15) is 59.3 Å². The Bertz CT molecular complexity index is 234. The monoisotopic (exact) mass is 206 g/mol. The maximum absolute atomic E-state index is 3.96. The van der Waals surface area contributed by atoms with Crippen LogP contribution in [0.2, 0.25) is 0 Å². The molecule has 0 heterocycles. The molecule has 0 radical (unpaired) electrons. The van der Waals surface area contributed by atoms with E-state index in [1.165, 1.54) is 44.1 Å². The molecule has 0 heteroatoms. The molecule has 0 nitrogen and oxygen atoms in total. The number of allylic oxidation sites excluding steroid dienone is 3. The lowest BCUT2D eigenvalue weighted by Crippen LogP contribution is -2.14. The minimum Gasteiger partial charge on any atom is -0.100 e. The Morgan fingerprint density at radius 2 is 2.33 bits per heavy atom. The van der Waals surface area contributed by atoms with Gasteiger partial charge in [-0.15, -0.1) is 6.58 Å². The number of hydrogen-bond donors (Lipinski definition) is 0. The van der Waals surface area contributed by atoms with Crippen LogP contribution in [0.25, 0.3) is 0 Å². The first-order valence-electron chi connectivity index (χ1n) is 6.39. The molecule has 0 N–H and O–H groups in total. The fourth-order valence-electron chi connectivity index (χ4n) is 2.46. The van der Waals surface area contributed by atoms with E-state index in [0.717, 1.165) is 11.8 Å². The van der Waals surface area contributed by atoms with Gasteiger partial charge in [0.2, 0.25) is 0 Å². The fourth-order valence-corrected chi connectivity index (χ4v) is 2.46. The van der Waals surface area contributed by atoms with Crippen LogP contribution in [0.15, 0.2) is 23.8 Å². The third kappa shape index (κ3) is 4.68. The van der Waals surface area contributed by atoms with Gasteiger partial charge in [-0.3, -0.25) is 0 Å². The molecule has 0 spiro atoms. The van der Waals surface area contributed by atoms with Gasteiger partial charge in [0.15, 0.2) is 0 Å². The summed E-state index contributed by atoms with van der Waals surface area (Å²) in [5.41, 5.74) is 2.93. The smallest absolute Gasteiger partial charge is 0.0317 e. The number of rotatable bonds is 5. The average molecular weight is 206 g/mol. The van der Waals surface area contributed by atoms with Gasteiger partial charge in [0.05, 0.1) is 0 Å². The fraction of sp³-hybridized carbons (Fsp3) is 0.733. The van der Waals surface area contributed by atoms with E-state index < -0.39 is 0 Å². The summed E-state index contributed by atoms with van der Waals surface area (Å²) in [4.78, 5) is 0. The van der Waals surface area contributed by atoms with E-state index in [1.807, 2.05) is 0 Å². The second kappa shape index (κ2) is 6.15. The highest BCUT2D eigenvalue weighted by Gasteiger charge is 2.18. The number of hydrogen-bond acceptors (Lipinski definition) is 0. The van der Waals surface area contributed by atoms with Crippen LogP contribution in [-0.2, 0) is 0 Å². The van der Waals surface area contributed by atoms with Gasteiger partial charge in [0.1, 0.15) is 0 Å². The molecule has 0 aromatic carbocycles. The Labute approximate surface area is 95.5 Å². The van der Waals surface area contributed by atoms with Gasteiger partial charge in [0, 0.05) is 0 Å². The molecule has 0 saturated carbocycles. The van der Waals surface area contributed by atoms with Crippen LogP contribution in [0.4, 0.5) is 0 Å². The molecule has 2 atom stereocenters. The molecule has 1 aliphatic carbocycles. The molecule has 86 valence electrons. The topological polar surface area (TPSA) is 0 Å². The Morgan fingerprint density at radius 1 is 1.60 bits per heavy atom. The molecule has 0 amide bonds. The zero-order valence-corrected chi connectivity index (χ0v) is 10.7. The third-order valence-corrected chi connectivity index (χ3v) is 3.75. The summed E-state index contributed by atoms with van der Waals surface area (Å²) < 4.78 is 0. The first-order chi connectivity index (χ1) is 7.09. The Hall–Kier alpha value is -0.520. The van der Waals surface area contributed by atoms with Gasteiger partial charge >= 0.3 is 0 Å². The van der Waals surface area contributed by atoms with Crippen LogP contribution in [0.3, 0.4) is 0 Å². The molecular weight excluding hydrogens is 180 g/mol. The maximum Gasteiger partial charge on any atom is -0.0317 e. The van der Waals surface area contributed by atoms with Crippen LogP contribution in [0, 0.1) is 11.8 Å². The van der Waals surface area contributed by atoms with Crippen LogP contribution in [-0.4, -0.2) is 0 Å². The average Bonchev–Trinajstić information content (AvgIpc) is 2.18. The van der Waals surface area contributed by atoms with E-state index in [1.54, 1.807) is 5.57 Å². The quantitative estimate of drug-likeness (QED) is 0.548. The predicted molar refractivity (Wildman–Crippen MR) is 68.9 cm³/mol. The second-order valence-electron chi connectivity index (χ2n) is 5.41. The Kier molecular flexibility index (Phi) is 5.14. The van der Waals surface area contributed by atoms with E-state index in [2.05, 4.69) is 33.4 Å². The molecule has 0 fully saturated rings. The van der Waals surface area contributed by atoms with Gasteiger partial charge in [-0.2, -0.15) is 0 Å². The minimum absolute atomic E-state index is 0.897. The first-order valence-corrected chi connectivity index (χ1v) is 6.39. The van der Waals surface area contributed by atoms with Crippen LogP contribution >= 0.6 is 0 Å². The summed E-state index contributed by atoms with van der Waals surface area (Å²) >= 11 is 0. The summed E-state index contributed by atoms with van der Waals surface area (Å²) in [5, 5.41) is 0. The lowest BCUT2D eigenvalue weighted by atomic mass is 9.79. The summed E-state index contributed by atoms with van der Waals surface area (Å²) in [6.07, 6.45) is 10.4. The molecule has 0 aromatic heterocycles. The molecule has 0 saturated heterocycles. The van der Waals surface area contributed by atoms with E-state index >= 15 is 0 Å². The van der Waals surface area contributed by atoms with Crippen molar-refractivity contribution in [3.05, 3.63) is 23.8 Å². The van der Waals surface area contributed by atoms with Crippen LogP contribution in [0.5, 0.6) is 0 Å². The van der Waals surface area contributed by atoms with Crippen molar-refractivity contribution < 1.29 is 0 Å². The normalized spacial score (nSPS) is 23.4. The van der Waals surface area contributed by atoms with Gasteiger partial charge in [-0.05, 0) is 57.8 Å². The van der Waals surface area contributed by atoms with E-state index in [0.29, 0.717) is 0 Å². The van der Waals surface area contributed by atoms with Crippen molar-refractivity contribution in [1.82, 2.24) is 0 Å². The van der Waals surface area contributed by atoms with E-state index in [9.17, 15) is 0 Å². The first kappa shape index (κ1) is 12.5. The highest BCUT2D eigenvalue weighted by Crippen LogP contribution is 2.31. The van der Waals surface area contributed by atoms with Gasteiger partial charge in [0.25, 0.3) is 0 Å². The largest absolute Gasteiger partial charge is 0.100 e. The minimum atomic E-state index is 0.897. The lowest BCUT2D eigenvalue weighted by Gasteiger charge is -2.26. The third-order valence-electron chi connectivity index (χ3n) is 3.75. The highest BCUT2D eigenvalue weighted by molar-refractivity contribution is 5.03. The molecule has 15 heavy (non-hydrogen) atoms. The summed E-state index contributed by atoms with van der Waals surface area (Å²) in [6, 6.07) is 0. The van der Waals surface area contributed by atoms with Crippen molar-refractivity contribution in [1.29, 1.82) is 0 Å². The van der Waals surface area contributed by atoms with Crippen molar-refractivity contribution in [2.75, 3.05) is 0 Å². The lowest BCUT2D eigenvalue weighted by molar-refractivity contribution is 0.305. The van der Waals surface area contributed by atoms with Gasteiger partial charge in [-0.1, -0.05) is 30.6 Å². The SMILES string of the molecule is C=C(C)CCCC(C)C1CC=C(C)CC1. The Balaban J connectivity index is 2.22. The zero-order valence-electron chi connectivity index (χ0n) is 10.7. The molecule has 0 aliphatic heterocycles. The van der Waals surface area contributed by atoms with Crippen molar-refractivity contribution >= 4 is 0 Å². The summed E-state index contributed by atoms with van der Waals surface area (Å²) in [6.45, 7) is 10.8. The highest BCUT2D eigenvalue weighted by atomic mass is 14.2. The summed E-state index contributed by atoms with van der Waals surface area (Å²) in [5.74, 6) is 1.84. The molecule has 0 aromatic rings. The standard InChI is InChI=1S/C15H26/c1-12(2)6-5-7-14(4)15-10-8-13(3)9-11-15/h8,14-15H,1,5-7,9-11H2,2-4H3. The summed E-state index contributed by atoms with van der Waals surface area (Å²) in [7, 11) is 0. The van der Waals surface area contributed by atoms with Crippen LogP contribution < -0.4 is 0 Å². The van der Waals surface area contributed by atoms with Gasteiger partial charge < -0.3 is 0 Å². The molecule has 0 bridgehead atoms. The van der Waals surface area contributed by atoms with Gasteiger partial charge in [-0.25, -0.2) is 0 Å². The zero-order chi connectivity index (χ0) is 11.3.